The molecule has 1 aliphatic rings. The third kappa shape index (κ3) is 2.31. The van der Waals surface area contributed by atoms with E-state index in [-0.39, 0.29) is 0 Å². The zero-order valence-electron chi connectivity index (χ0n) is 12.2. The maximum absolute atomic E-state index is 5.69. The van der Waals surface area contributed by atoms with Crippen molar-refractivity contribution < 1.29 is 4.74 Å². The molecule has 1 saturated heterocycles. The monoisotopic (exact) mass is 274 g/mol. The molecule has 0 aliphatic carbocycles. The summed E-state index contributed by atoms with van der Waals surface area (Å²) < 4.78 is 7.97. The highest BCUT2D eigenvalue weighted by atomic mass is 16.5. The van der Waals surface area contributed by atoms with Crippen LogP contribution in [0.5, 0.6) is 0 Å². The molecule has 2 atom stereocenters. The van der Waals surface area contributed by atoms with Crippen LogP contribution in [0.1, 0.15) is 32.0 Å². The Bertz CT molecular complexity index is 580. The molecule has 0 radical (unpaired) electrons. The second-order valence-corrected chi connectivity index (χ2v) is 5.28. The second-order valence-electron chi connectivity index (χ2n) is 5.28. The minimum Gasteiger partial charge on any atom is -0.379 e. The fourth-order valence-electron chi connectivity index (χ4n) is 2.96. The van der Waals surface area contributed by atoms with Crippen molar-refractivity contribution in [2.45, 2.75) is 38.8 Å². The van der Waals surface area contributed by atoms with Crippen molar-refractivity contribution in [3.8, 4) is 0 Å². The minimum absolute atomic E-state index is 0.328. The zero-order valence-corrected chi connectivity index (χ0v) is 12.2. The Labute approximate surface area is 119 Å². The van der Waals surface area contributed by atoms with Crippen LogP contribution in [0, 0.1) is 0 Å². The fraction of sp³-hybridized carbons (Fsp3) is 0.600. The molecule has 20 heavy (non-hydrogen) atoms. The fourth-order valence-corrected chi connectivity index (χ4v) is 2.96. The van der Waals surface area contributed by atoms with Gasteiger partial charge in [-0.3, -0.25) is 4.98 Å². The zero-order chi connectivity index (χ0) is 13.9. The molecule has 2 aromatic rings. The lowest BCUT2D eigenvalue weighted by Crippen LogP contribution is -2.35. The minimum atomic E-state index is 0.328. The summed E-state index contributed by atoms with van der Waals surface area (Å²) in [5.74, 6) is 1.45. The van der Waals surface area contributed by atoms with Gasteiger partial charge in [0, 0.05) is 18.8 Å². The average molecular weight is 274 g/mol. The first kappa shape index (κ1) is 13.5. The summed E-state index contributed by atoms with van der Waals surface area (Å²) in [5.41, 5.74) is 2.14. The van der Waals surface area contributed by atoms with Crippen molar-refractivity contribution in [1.29, 1.82) is 0 Å². The molecule has 0 spiro atoms. The van der Waals surface area contributed by atoms with Gasteiger partial charge in [0.1, 0.15) is 11.3 Å². The van der Waals surface area contributed by atoms with Gasteiger partial charge in [-0.15, -0.1) is 0 Å². The Morgan fingerprint density at radius 3 is 3.10 bits per heavy atom. The van der Waals surface area contributed by atoms with Gasteiger partial charge in [0.05, 0.1) is 30.8 Å². The molecule has 1 aliphatic heterocycles. The van der Waals surface area contributed by atoms with Crippen LogP contribution in [-0.4, -0.2) is 40.3 Å². The van der Waals surface area contributed by atoms with E-state index in [1.54, 1.807) is 0 Å². The first-order valence-corrected chi connectivity index (χ1v) is 7.46. The van der Waals surface area contributed by atoms with Crippen LogP contribution in [0.2, 0.25) is 0 Å². The maximum Gasteiger partial charge on any atom is 0.117 e. The van der Waals surface area contributed by atoms with Gasteiger partial charge in [-0.1, -0.05) is 6.92 Å². The SMILES string of the molecule is CCCNC1COCC1c1nc2cnccc2n1CC. The van der Waals surface area contributed by atoms with Crippen molar-refractivity contribution in [1.82, 2.24) is 19.9 Å². The van der Waals surface area contributed by atoms with Crippen molar-refractivity contribution >= 4 is 11.0 Å². The van der Waals surface area contributed by atoms with Gasteiger partial charge in [-0.25, -0.2) is 4.98 Å². The summed E-state index contributed by atoms with van der Waals surface area (Å²) in [4.78, 5) is 8.98. The second kappa shape index (κ2) is 5.89. The molecule has 2 unspecified atom stereocenters. The summed E-state index contributed by atoms with van der Waals surface area (Å²) in [6, 6.07) is 2.41. The summed E-state index contributed by atoms with van der Waals surface area (Å²) in [7, 11) is 0. The van der Waals surface area contributed by atoms with Gasteiger partial charge in [-0.2, -0.15) is 0 Å². The van der Waals surface area contributed by atoms with Crippen LogP contribution in [0.15, 0.2) is 18.5 Å². The number of hydrogen-bond donors (Lipinski definition) is 1. The molecule has 108 valence electrons. The molecule has 1 N–H and O–H groups in total. The first-order valence-electron chi connectivity index (χ1n) is 7.46. The lowest BCUT2D eigenvalue weighted by atomic mass is 10.0. The standard InChI is InChI=1S/C15H22N4O/c1-3-6-17-13-10-20-9-11(13)15-18-12-8-16-7-5-14(12)19(15)4-2/h5,7-8,11,13,17H,3-4,6,9-10H2,1-2H3. The van der Waals surface area contributed by atoms with Crippen molar-refractivity contribution in [3.05, 3.63) is 24.3 Å². The molecule has 5 heteroatoms. The molecule has 0 amide bonds. The molecule has 2 aromatic heterocycles. The van der Waals surface area contributed by atoms with E-state index in [1.165, 1.54) is 5.52 Å². The number of pyridine rings is 1. The van der Waals surface area contributed by atoms with Crippen LogP contribution in [0.4, 0.5) is 0 Å². The number of nitrogens with one attached hydrogen (secondary N) is 1. The average Bonchev–Trinajstić information content (AvgIpc) is 3.08. The summed E-state index contributed by atoms with van der Waals surface area (Å²) in [6.07, 6.45) is 4.81. The normalized spacial score (nSPS) is 22.7. The number of imidazole rings is 1. The summed E-state index contributed by atoms with van der Waals surface area (Å²) in [5, 5.41) is 3.58. The van der Waals surface area contributed by atoms with Crippen molar-refractivity contribution in [2.75, 3.05) is 19.8 Å². The van der Waals surface area contributed by atoms with E-state index in [0.717, 1.165) is 44.1 Å². The van der Waals surface area contributed by atoms with E-state index in [9.17, 15) is 0 Å². The van der Waals surface area contributed by atoms with Crippen molar-refractivity contribution in [2.24, 2.45) is 0 Å². The van der Waals surface area contributed by atoms with E-state index in [0.29, 0.717) is 12.0 Å². The van der Waals surface area contributed by atoms with E-state index < -0.39 is 0 Å². The third-order valence-corrected chi connectivity index (χ3v) is 3.96. The molecular formula is C15H22N4O. The van der Waals surface area contributed by atoms with E-state index in [4.69, 9.17) is 9.72 Å². The number of aryl methyl sites for hydroxylation is 1. The largest absolute Gasteiger partial charge is 0.379 e. The summed E-state index contributed by atoms with van der Waals surface area (Å²) >= 11 is 0. The Balaban J connectivity index is 1.96. The highest BCUT2D eigenvalue weighted by Crippen LogP contribution is 2.28. The molecule has 3 rings (SSSR count). The van der Waals surface area contributed by atoms with Gasteiger partial charge >= 0.3 is 0 Å². The Kier molecular flexibility index (Phi) is 3.98. The first-order chi connectivity index (χ1) is 9.85. The Morgan fingerprint density at radius 2 is 2.30 bits per heavy atom. The van der Waals surface area contributed by atoms with Gasteiger partial charge < -0.3 is 14.6 Å². The van der Waals surface area contributed by atoms with Crippen LogP contribution >= 0.6 is 0 Å². The predicted molar refractivity (Wildman–Crippen MR) is 78.8 cm³/mol. The number of nitrogens with zero attached hydrogens (tertiary/aromatic N) is 3. The molecule has 5 nitrogen and oxygen atoms in total. The topological polar surface area (TPSA) is 52.0 Å². The highest BCUT2D eigenvalue weighted by molar-refractivity contribution is 5.74. The molecule has 1 fully saturated rings. The van der Waals surface area contributed by atoms with Gasteiger partial charge in [-0.05, 0) is 26.0 Å². The smallest absolute Gasteiger partial charge is 0.117 e. The molecular weight excluding hydrogens is 252 g/mol. The van der Waals surface area contributed by atoms with Gasteiger partial charge in [0.2, 0.25) is 0 Å². The molecule has 0 bridgehead atoms. The highest BCUT2D eigenvalue weighted by Gasteiger charge is 2.32. The van der Waals surface area contributed by atoms with E-state index in [2.05, 4.69) is 28.7 Å². The quantitative estimate of drug-likeness (QED) is 0.905. The molecule has 0 saturated carbocycles. The van der Waals surface area contributed by atoms with Crippen molar-refractivity contribution in [3.63, 3.8) is 0 Å². The molecule has 3 heterocycles. The number of rotatable bonds is 5. The lowest BCUT2D eigenvalue weighted by Gasteiger charge is -2.19. The maximum atomic E-state index is 5.69. The van der Waals surface area contributed by atoms with Gasteiger partial charge in [0.15, 0.2) is 0 Å². The van der Waals surface area contributed by atoms with E-state index >= 15 is 0 Å². The predicted octanol–water partition coefficient (Wildman–Crippen LogP) is 1.93. The third-order valence-electron chi connectivity index (χ3n) is 3.96. The van der Waals surface area contributed by atoms with Crippen LogP contribution in [0.25, 0.3) is 11.0 Å². The number of fused-ring (bicyclic) bond motifs is 1. The van der Waals surface area contributed by atoms with Crippen LogP contribution in [0.3, 0.4) is 0 Å². The number of hydrogen-bond acceptors (Lipinski definition) is 4. The Hall–Kier alpha value is -1.46. The van der Waals surface area contributed by atoms with Crippen LogP contribution in [-0.2, 0) is 11.3 Å². The number of aromatic nitrogens is 3. The van der Waals surface area contributed by atoms with Crippen LogP contribution < -0.4 is 5.32 Å². The van der Waals surface area contributed by atoms with Gasteiger partial charge in [0.25, 0.3) is 0 Å². The van der Waals surface area contributed by atoms with E-state index in [1.807, 2.05) is 18.5 Å². The molecule has 0 aromatic carbocycles. The number of ether oxygens (including phenoxy) is 1. The lowest BCUT2D eigenvalue weighted by molar-refractivity contribution is 0.187. The summed E-state index contributed by atoms with van der Waals surface area (Å²) in [6.45, 7) is 7.82. The Morgan fingerprint density at radius 1 is 1.40 bits per heavy atom.